The van der Waals surface area contributed by atoms with Gasteiger partial charge in [0.2, 0.25) is 0 Å². The van der Waals surface area contributed by atoms with Gasteiger partial charge in [-0.15, -0.1) is 0 Å². The zero-order chi connectivity index (χ0) is 15.9. The van der Waals surface area contributed by atoms with Gasteiger partial charge in [0.25, 0.3) is 0 Å². The van der Waals surface area contributed by atoms with Crippen molar-refractivity contribution in [3.05, 3.63) is 0 Å². The van der Waals surface area contributed by atoms with E-state index in [2.05, 4.69) is 17.1 Å². The quantitative estimate of drug-likeness (QED) is 0.691. The van der Waals surface area contributed by atoms with Crippen LogP contribution in [0.5, 0.6) is 0 Å². The number of piperidine rings is 1. The molecule has 0 saturated carbocycles. The topological polar surface area (TPSA) is 50.8 Å². The van der Waals surface area contributed by atoms with Crippen molar-refractivity contribution in [1.82, 2.24) is 10.2 Å². The number of likely N-dealkylation sites (tertiary alicyclic amines) is 1. The molecule has 3 unspecified atom stereocenters. The fourth-order valence-electron chi connectivity index (χ4n) is 3.43. The standard InChI is InChI=1S/C16H32N2O3/c1-6-17-16(3,15(19)21-5)10-13(2)18-9-7-8-14(11-18)12-20-4/h13-14,17H,6-12H2,1-5H3. The maximum atomic E-state index is 12.1. The highest BCUT2D eigenvalue weighted by Gasteiger charge is 2.37. The van der Waals surface area contributed by atoms with Crippen molar-refractivity contribution >= 4 is 5.97 Å². The van der Waals surface area contributed by atoms with Crippen LogP contribution in [0.25, 0.3) is 0 Å². The summed E-state index contributed by atoms with van der Waals surface area (Å²) in [7, 11) is 3.22. The Bertz CT molecular complexity index is 323. The SMILES string of the molecule is CCNC(C)(CC(C)N1CCCC(COC)C1)C(=O)OC. The monoisotopic (exact) mass is 300 g/mol. The number of hydrogen-bond donors (Lipinski definition) is 1. The highest BCUT2D eigenvalue weighted by atomic mass is 16.5. The number of methoxy groups -OCH3 is 2. The smallest absolute Gasteiger partial charge is 0.325 e. The van der Waals surface area contributed by atoms with Gasteiger partial charge in [-0.25, -0.2) is 0 Å². The number of ether oxygens (including phenoxy) is 2. The minimum absolute atomic E-state index is 0.179. The molecule has 1 fully saturated rings. The molecule has 5 heteroatoms. The zero-order valence-electron chi connectivity index (χ0n) is 14.3. The first kappa shape index (κ1) is 18.4. The summed E-state index contributed by atoms with van der Waals surface area (Å²) in [5.41, 5.74) is -0.614. The average molecular weight is 300 g/mol. The van der Waals surface area contributed by atoms with Crippen LogP contribution in [-0.2, 0) is 14.3 Å². The second kappa shape index (κ2) is 8.71. The lowest BCUT2D eigenvalue weighted by Crippen LogP contribution is -2.55. The normalized spacial score (nSPS) is 24.3. The minimum atomic E-state index is -0.614. The van der Waals surface area contributed by atoms with Gasteiger partial charge in [0.05, 0.1) is 13.7 Å². The lowest BCUT2D eigenvalue weighted by molar-refractivity contribution is -0.148. The highest BCUT2D eigenvalue weighted by Crippen LogP contribution is 2.23. The molecule has 1 saturated heterocycles. The van der Waals surface area contributed by atoms with Crippen LogP contribution in [0, 0.1) is 5.92 Å². The van der Waals surface area contributed by atoms with Crippen molar-refractivity contribution in [2.75, 3.05) is 40.5 Å². The summed E-state index contributed by atoms with van der Waals surface area (Å²) in [6.45, 7) is 9.89. The second-order valence-corrected chi connectivity index (χ2v) is 6.37. The van der Waals surface area contributed by atoms with Gasteiger partial charge in [-0.2, -0.15) is 0 Å². The van der Waals surface area contributed by atoms with Crippen molar-refractivity contribution in [1.29, 1.82) is 0 Å². The van der Waals surface area contributed by atoms with Gasteiger partial charge in [0.1, 0.15) is 5.54 Å². The molecule has 0 radical (unpaired) electrons. The molecule has 0 bridgehead atoms. The van der Waals surface area contributed by atoms with E-state index in [0.717, 1.165) is 32.7 Å². The van der Waals surface area contributed by atoms with Gasteiger partial charge < -0.3 is 19.7 Å². The van der Waals surface area contributed by atoms with Gasteiger partial charge in [-0.3, -0.25) is 4.79 Å². The van der Waals surface area contributed by atoms with Crippen LogP contribution in [0.3, 0.4) is 0 Å². The summed E-state index contributed by atoms with van der Waals surface area (Å²) in [5, 5.41) is 3.29. The molecule has 1 N–H and O–H groups in total. The van der Waals surface area contributed by atoms with Crippen molar-refractivity contribution in [3.8, 4) is 0 Å². The molecule has 5 nitrogen and oxygen atoms in total. The van der Waals surface area contributed by atoms with Gasteiger partial charge >= 0.3 is 5.97 Å². The van der Waals surface area contributed by atoms with Crippen molar-refractivity contribution < 1.29 is 14.3 Å². The van der Waals surface area contributed by atoms with Crippen LogP contribution in [-0.4, -0.2) is 62.9 Å². The van der Waals surface area contributed by atoms with Crippen LogP contribution in [0.1, 0.15) is 40.0 Å². The first-order valence-electron chi connectivity index (χ1n) is 8.03. The molecule has 1 aliphatic heterocycles. The molecule has 3 atom stereocenters. The summed E-state index contributed by atoms with van der Waals surface area (Å²) < 4.78 is 10.3. The molecular weight excluding hydrogens is 268 g/mol. The third-order valence-electron chi connectivity index (χ3n) is 4.48. The molecule has 1 heterocycles. The van der Waals surface area contributed by atoms with Gasteiger partial charge in [0.15, 0.2) is 0 Å². The number of esters is 1. The number of carbonyl (C=O) groups excluding carboxylic acids is 1. The molecule has 0 aromatic heterocycles. The van der Waals surface area contributed by atoms with Gasteiger partial charge in [-0.05, 0) is 52.1 Å². The van der Waals surface area contributed by atoms with Gasteiger partial charge in [-0.1, -0.05) is 6.92 Å². The second-order valence-electron chi connectivity index (χ2n) is 6.37. The summed E-state index contributed by atoms with van der Waals surface area (Å²) in [5.74, 6) is 0.427. The molecule has 0 aromatic rings. The number of rotatable bonds is 8. The average Bonchev–Trinajstić information content (AvgIpc) is 2.47. The molecule has 124 valence electrons. The molecule has 0 spiro atoms. The van der Waals surface area contributed by atoms with E-state index in [4.69, 9.17) is 9.47 Å². The van der Waals surface area contributed by atoms with Crippen molar-refractivity contribution in [2.24, 2.45) is 5.92 Å². The van der Waals surface area contributed by atoms with Crippen molar-refractivity contribution in [2.45, 2.75) is 51.6 Å². The highest BCUT2D eigenvalue weighted by molar-refractivity contribution is 5.80. The number of nitrogens with one attached hydrogen (secondary N) is 1. The van der Waals surface area contributed by atoms with Crippen LogP contribution in [0.4, 0.5) is 0 Å². The van der Waals surface area contributed by atoms with Crippen LogP contribution >= 0.6 is 0 Å². The Labute approximate surface area is 129 Å². The summed E-state index contributed by atoms with van der Waals surface area (Å²) in [4.78, 5) is 14.6. The minimum Gasteiger partial charge on any atom is -0.468 e. The Morgan fingerprint density at radius 2 is 2.19 bits per heavy atom. The number of hydrogen-bond acceptors (Lipinski definition) is 5. The molecule has 0 aromatic carbocycles. The molecule has 21 heavy (non-hydrogen) atoms. The van der Waals surface area contributed by atoms with Crippen LogP contribution in [0.15, 0.2) is 0 Å². The summed E-state index contributed by atoms with van der Waals surface area (Å²) in [6, 6.07) is 0.341. The molecule has 1 aliphatic rings. The third-order valence-corrected chi connectivity index (χ3v) is 4.48. The maximum absolute atomic E-state index is 12.1. The lowest BCUT2D eigenvalue weighted by atomic mass is 9.90. The Kier molecular flexibility index (Phi) is 7.63. The van der Waals surface area contributed by atoms with E-state index < -0.39 is 5.54 Å². The number of nitrogens with zero attached hydrogens (tertiary/aromatic N) is 1. The number of carbonyl (C=O) groups is 1. The van der Waals surface area contributed by atoms with E-state index in [1.165, 1.54) is 20.0 Å². The largest absolute Gasteiger partial charge is 0.468 e. The van der Waals surface area contributed by atoms with E-state index in [1.54, 1.807) is 7.11 Å². The Morgan fingerprint density at radius 1 is 1.48 bits per heavy atom. The van der Waals surface area contributed by atoms with Gasteiger partial charge in [0, 0.05) is 19.7 Å². The fourth-order valence-corrected chi connectivity index (χ4v) is 3.43. The molecular formula is C16H32N2O3. The first-order valence-corrected chi connectivity index (χ1v) is 8.03. The fraction of sp³-hybridized carbons (Fsp3) is 0.938. The third kappa shape index (κ3) is 5.24. The molecule has 0 aliphatic carbocycles. The lowest BCUT2D eigenvalue weighted by Gasteiger charge is -2.40. The van der Waals surface area contributed by atoms with Crippen LogP contribution in [0.2, 0.25) is 0 Å². The van der Waals surface area contributed by atoms with E-state index >= 15 is 0 Å². The molecule has 1 rings (SSSR count). The van der Waals surface area contributed by atoms with Crippen molar-refractivity contribution in [3.63, 3.8) is 0 Å². The van der Waals surface area contributed by atoms with E-state index in [0.29, 0.717) is 12.0 Å². The summed E-state index contributed by atoms with van der Waals surface area (Å²) in [6.07, 6.45) is 3.19. The Hall–Kier alpha value is -0.650. The Morgan fingerprint density at radius 3 is 2.76 bits per heavy atom. The maximum Gasteiger partial charge on any atom is 0.325 e. The van der Waals surface area contributed by atoms with E-state index in [-0.39, 0.29) is 5.97 Å². The predicted octanol–water partition coefficient (Wildman–Crippen LogP) is 1.66. The van der Waals surface area contributed by atoms with E-state index in [9.17, 15) is 4.79 Å². The van der Waals surface area contributed by atoms with E-state index in [1.807, 2.05) is 13.8 Å². The predicted molar refractivity (Wildman–Crippen MR) is 84.3 cm³/mol. The number of likely N-dealkylation sites (N-methyl/N-ethyl adjacent to an activating group) is 1. The Balaban J connectivity index is 2.64. The zero-order valence-corrected chi connectivity index (χ0v) is 14.3. The van der Waals surface area contributed by atoms with Crippen LogP contribution < -0.4 is 5.32 Å². The summed E-state index contributed by atoms with van der Waals surface area (Å²) >= 11 is 0. The first-order chi connectivity index (χ1) is 9.96. The molecule has 0 amide bonds.